The molecule has 1 aliphatic heterocycles. The topological polar surface area (TPSA) is 45.3 Å². The Morgan fingerprint density at radius 3 is 2.59 bits per heavy atom. The molecule has 4 nitrogen and oxygen atoms in total. The summed E-state index contributed by atoms with van der Waals surface area (Å²) in [7, 11) is 0. The number of H-pyrrole nitrogens is 1. The fraction of sp³-hybridized carbons (Fsp3) is 0.500. The number of aromatic amines is 1. The fourth-order valence-corrected chi connectivity index (χ4v) is 3.18. The maximum absolute atomic E-state index is 12.0. The molecule has 0 atom stereocenters. The zero-order valence-electron chi connectivity index (χ0n) is 13.6. The second-order valence-corrected chi connectivity index (χ2v) is 6.22. The van der Waals surface area contributed by atoms with Crippen molar-refractivity contribution in [2.45, 2.75) is 39.7 Å². The average Bonchev–Trinajstić information content (AvgIpc) is 2.53. The summed E-state index contributed by atoms with van der Waals surface area (Å²) in [6.07, 6.45) is 4.18. The fourth-order valence-electron chi connectivity index (χ4n) is 3.18. The van der Waals surface area contributed by atoms with E-state index in [1.165, 1.54) is 0 Å². The van der Waals surface area contributed by atoms with Crippen molar-refractivity contribution in [2.75, 3.05) is 19.6 Å². The van der Waals surface area contributed by atoms with Crippen molar-refractivity contribution in [1.29, 1.82) is 0 Å². The summed E-state index contributed by atoms with van der Waals surface area (Å²) in [4.78, 5) is 17.2. The molecule has 0 bridgehead atoms. The van der Waals surface area contributed by atoms with Gasteiger partial charge in [0.2, 0.25) is 0 Å². The third-order valence-corrected chi connectivity index (χ3v) is 4.68. The quantitative estimate of drug-likeness (QED) is 0.947. The largest absolute Gasteiger partial charge is 0.490 e. The van der Waals surface area contributed by atoms with E-state index in [2.05, 4.69) is 16.8 Å². The highest BCUT2D eigenvalue weighted by Crippen LogP contribution is 2.28. The maximum Gasteiger partial charge on any atom is 0.255 e. The Hall–Kier alpha value is -1.81. The molecule has 0 spiro atoms. The van der Waals surface area contributed by atoms with E-state index in [0.29, 0.717) is 0 Å². The lowest BCUT2D eigenvalue weighted by Crippen LogP contribution is -2.38. The number of ether oxygens (including phenoxy) is 1. The molecule has 4 heteroatoms. The summed E-state index contributed by atoms with van der Waals surface area (Å²) in [5.41, 5.74) is 2.06. The second-order valence-electron chi connectivity index (χ2n) is 6.22. The lowest BCUT2D eigenvalue weighted by molar-refractivity contribution is 0.103. The van der Waals surface area contributed by atoms with Crippen LogP contribution in [0.25, 0.3) is 10.8 Å². The minimum Gasteiger partial charge on any atom is -0.490 e. The second kappa shape index (κ2) is 6.13. The van der Waals surface area contributed by atoms with Crippen molar-refractivity contribution in [3.8, 4) is 5.75 Å². The maximum atomic E-state index is 12.0. The number of fused-ring (bicyclic) bond motifs is 1. The lowest BCUT2D eigenvalue weighted by Gasteiger charge is -2.31. The number of benzene rings is 1. The molecule has 2 aromatic rings. The molecule has 1 aliphatic rings. The summed E-state index contributed by atoms with van der Waals surface area (Å²) < 4.78 is 6.24. The normalized spacial score (nSPS) is 17.0. The van der Waals surface area contributed by atoms with Crippen molar-refractivity contribution in [1.82, 2.24) is 9.88 Å². The van der Waals surface area contributed by atoms with Crippen LogP contribution >= 0.6 is 0 Å². The van der Waals surface area contributed by atoms with Gasteiger partial charge in [-0.2, -0.15) is 0 Å². The molecule has 0 aliphatic carbocycles. The molecule has 1 aromatic carbocycles. The van der Waals surface area contributed by atoms with Crippen LogP contribution < -0.4 is 10.3 Å². The highest BCUT2D eigenvalue weighted by Gasteiger charge is 2.20. The van der Waals surface area contributed by atoms with E-state index in [9.17, 15) is 4.79 Å². The molecule has 0 amide bonds. The van der Waals surface area contributed by atoms with Gasteiger partial charge in [-0.1, -0.05) is 6.92 Å². The number of rotatable bonds is 3. The number of hydrogen-bond donors (Lipinski definition) is 1. The molecular formula is C18H24N2O2. The van der Waals surface area contributed by atoms with Crippen LogP contribution in [0.4, 0.5) is 0 Å². The van der Waals surface area contributed by atoms with E-state index >= 15 is 0 Å². The molecule has 0 radical (unpaired) electrons. The summed E-state index contributed by atoms with van der Waals surface area (Å²) in [5.74, 6) is 0.913. The van der Waals surface area contributed by atoms with Crippen LogP contribution in [0.2, 0.25) is 0 Å². The van der Waals surface area contributed by atoms with Gasteiger partial charge in [-0.15, -0.1) is 0 Å². The number of aryl methyl sites for hydroxylation is 2. The van der Waals surface area contributed by atoms with Crippen molar-refractivity contribution < 1.29 is 4.74 Å². The van der Waals surface area contributed by atoms with Gasteiger partial charge in [-0.25, -0.2) is 0 Å². The number of hydrogen-bond acceptors (Lipinski definition) is 3. The Balaban J connectivity index is 1.87. The van der Waals surface area contributed by atoms with Gasteiger partial charge in [0, 0.05) is 24.7 Å². The number of likely N-dealkylation sites (tertiary alicyclic amines) is 1. The number of nitrogens with zero attached hydrogens (tertiary/aromatic N) is 1. The average molecular weight is 300 g/mol. The van der Waals surface area contributed by atoms with E-state index < -0.39 is 0 Å². The van der Waals surface area contributed by atoms with Gasteiger partial charge in [-0.3, -0.25) is 4.79 Å². The molecule has 1 N–H and O–H groups in total. The molecular weight excluding hydrogens is 276 g/mol. The first-order chi connectivity index (χ1) is 10.6. The van der Waals surface area contributed by atoms with E-state index in [-0.39, 0.29) is 11.7 Å². The Kier molecular flexibility index (Phi) is 4.21. The first-order valence-corrected chi connectivity index (χ1v) is 8.10. The summed E-state index contributed by atoms with van der Waals surface area (Å²) >= 11 is 0. The van der Waals surface area contributed by atoms with Gasteiger partial charge in [0.1, 0.15) is 11.9 Å². The van der Waals surface area contributed by atoms with Gasteiger partial charge in [0.05, 0.1) is 0 Å². The summed E-state index contributed by atoms with van der Waals surface area (Å²) in [6.45, 7) is 9.55. The first kappa shape index (κ1) is 15.1. The molecule has 1 saturated heterocycles. The zero-order valence-corrected chi connectivity index (χ0v) is 13.6. The third-order valence-electron chi connectivity index (χ3n) is 4.68. The molecule has 1 fully saturated rings. The van der Waals surface area contributed by atoms with Crippen LogP contribution in [0.15, 0.2) is 23.1 Å². The molecule has 2 heterocycles. The minimum atomic E-state index is -0.0356. The Labute approximate surface area is 131 Å². The van der Waals surface area contributed by atoms with Crippen molar-refractivity contribution in [3.05, 3.63) is 39.8 Å². The molecule has 0 saturated carbocycles. The molecule has 118 valence electrons. The summed E-state index contributed by atoms with van der Waals surface area (Å²) in [5, 5.41) is 1.72. The van der Waals surface area contributed by atoms with Crippen LogP contribution in [0.1, 0.15) is 30.9 Å². The predicted molar refractivity (Wildman–Crippen MR) is 89.8 cm³/mol. The van der Waals surface area contributed by atoms with Crippen molar-refractivity contribution >= 4 is 10.8 Å². The SMILES string of the molecule is CCN1CCC(Oc2cc3c(C)c[nH]c(=O)c3cc2C)CC1. The van der Waals surface area contributed by atoms with Crippen LogP contribution in [-0.4, -0.2) is 35.6 Å². The monoisotopic (exact) mass is 300 g/mol. The smallest absolute Gasteiger partial charge is 0.255 e. The van der Waals surface area contributed by atoms with Crippen molar-refractivity contribution in [2.24, 2.45) is 0 Å². The Bertz CT molecular complexity index is 728. The molecule has 3 rings (SSSR count). The van der Waals surface area contributed by atoms with Crippen LogP contribution in [0, 0.1) is 13.8 Å². The van der Waals surface area contributed by atoms with Crippen LogP contribution in [0.5, 0.6) is 5.75 Å². The van der Waals surface area contributed by atoms with Gasteiger partial charge >= 0.3 is 0 Å². The predicted octanol–water partition coefficient (Wildman–Crippen LogP) is 3.01. The van der Waals surface area contributed by atoms with Gasteiger partial charge in [0.15, 0.2) is 0 Å². The van der Waals surface area contributed by atoms with Crippen LogP contribution in [-0.2, 0) is 0 Å². The van der Waals surface area contributed by atoms with Crippen molar-refractivity contribution in [3.63, 3.8) is 0 Å². The highest BCUT2D eigenvalue weighted by atomic mass is 16.5. The summed E-state index contributed by atoms with van der Waals surface area (Å²) in [6, 6.07) is 3.97. The van der Waals surface area contributed by atoms with E-state index in [0.717, 1.165) is 60.1 Å². The number of nitrogens with one attached hydrogen (secondary N) is 1. The Morgan fingerprint density at radius 2 is 1.91 bits per heavy atom. The zero-order chi connectivity index (χ0) is 15.7. The highest BCUT2D eigenvalue weighted by molar-refractivity contribution is 5.86. The van der Waals surface area contributed by atoms with Gasteiger partial charge < -0.3 is 14.6 Å². The lowest BCUT2D eigenvalue weighted by atomic mass is 10.0. The number of aromatic nitrogens is 1. The first-order valence-electron chi connectivity index (χ1n) is 8.10. The van der Waals surface area contributed by atoms with E-state index in [1.54, 1.807) is 6.20 Å². The van der Waals surface area contributed by atoms with E-state index in [1.807, 2.05) is 26.0 Å². The number of piperidine rings is 1. The molecule has 0 unspecified atom stereocenters. The van der Waals surface area contributed by atoms with Crippen LogP contribution in [0.3, 0.4) is 0 Å². The molecule has 22 heavy (non-hydrogen) atoms. The Morgan fingerprint density at radius 1 is 1.18 bits per heavy atom. The molecule has 1 aromatic heterocycles. The van der Waals surface area contributed by atoms with E-state index in [4.69, 9.17) is 4.74 Å². The standard InChI is InChI=1S/C18H24N2O2/c1-4-20-7-5-14(6-8-20)22-17-10-15-13(3)11-19-18(21)16(15)9-12(17)2/h9-11,14H,4-8H2,1-3H3,(H,19,21). The number of pyridine rings is 1. The van der Waals surface area contributed by atoms with Gasteiger partial charge in [-0.05, 0) is 61.9 Å². The minimum absolute atomic E-state index is 0.0356. The van der Waals surface area contributed by atoms with Gasteiger partial charge in [0.25, 0.3) is 5.56 Å². The third kappa shape index (κ3) is 2.88.